The Balaban J connectivity index is 1.72. The van der Waals surface area contributed by atoms with Crippen molar-refractivity contribution in [3.05, 3.63) is 106 Å². The summed E-state index contributed by atoms with van der Waals surface area (Å²) in [5.74, 6) is 0. The van der Waals surface area contributed by atoms with Crippen LogP contribution in [-0.2, 0) is 14.9 Å². The molecular formula is C22H20N2O5S. The van der Waals surface area contributed by atoms with Crippen LogP contribution in [0.4, 0.5) is 5.69 Å². The van der Waals surface area contributed by atoms with Crippen molar-refractivity contribution in [2.45, 2.75) is 30.4 Å². The van der Waals surface area contributed by atoms with E-state index in [0.717, 1.165) is 21.2 Å². The third-order valence-electron chi connectivity index (χ3n) is 5.14. The molecule has 8 heteroatoms. The standard InChI is InChI=1S/C22H20N2O5S/c1-16-7-9-18(10-8-16)22-15-21(17-5-3-2-4-6-17)24(29-22)30(27,28)20-13-11-19(12-14-20)23(25)26/h2-14,21-22H,15H2,1H3/t21-,22+/m1/s1. The Hall–Kier alpha value is -3.07. The molecule has 30 heavy (non-hydrogen) atoms. The van der Waals surface area contributed by atoms with Gasteiger partial charge in [0.25, 0.3) is 15.7 Å². The lowest BCUT2D eigenvalue weighted by molar-refractivity contribution is -0.384. The number of non-ortho nitro benzene ring substituents is 1. The zero-order valence-electron chi connectivity index (χ0n) is 16.2. The number of hydrogen-bond acceptors (Lipinski definition) is 5. The number of benzene rings is 3. The molecule has 7 nitrogen and oxygen atoms in total. The van der Waals surface area contributed by atoms with Crippen LogP contribution in [0.3, 0.4) is 0 Å². The summed E-state index contributed by atoms with van der Waals surface area (Å²) < 4.78 is 27.8. The van der Waals surface area contributed by atoms with Gasteiger partial charge in [-0.2, -0.15) is 0 Å². The van der Waals surface area contributed by atoms with Gasteiger partial charge in [0, 0.05) is 18.6 Å². The molecule has 0 aromatic heterocycles. The normalized spacial score (nSPS) is 19.6. The first kappa shape index (κ1) is 20.2. The Bertz CT molecular complexity index is 1150. The van der Waals surface area contributed by atoms with E-state index in [1.165, 1.54) is 24.3 Å². The van der Waals surface area contributed by atoms with Gasteiger partial charge >= 0.3 is 0 Å². The van der Waals surface area contributed by atoms with E-state index in [1.54, 1.807) is 0 Å². The number of nitrogens with zero attached hydrogens (tertiary/aromatic N) is 2. The summed E-state index contributed by atoms with van der Waals surface area (Å²) >= 11 is 0. The first-order valence-corrected chi connectivity index (χ1v) is 10.9. The van der Waals surface area contributed by atoms with Gasteiger partial charge in [0.05, 0.1) is 15.9 Å². The van der Waals surface area contributed by atoms with Crippen LogP contribution >= 0.6 is 0 Å². The number of rotatable bonds is 5. The lowest BCUT2D eigenvalue weighted by Gasteiger charge is -2.22. The SMILES string of the molecule is Cc1ccc([C@@H]2C[C@H](c3ccccc3)N(S(=O)(=O)c3ccc([N+](=O)[O-])cc3)O2)cc1. The number of hydrogen-bond donors (Lipinski definition) is 0. The first-order chi connectivity index (χ1) is 14.4. The van der Waals surface area contributed by atoms with Crippen molar-refractivity contribution in [1.82, 2.24) is 4.47 Å². The number of nitro groups is 1. The maximum atomic E-state index is 13.4. The van der Waals surface area contributed by atoms with Gasteiger partial charge in [-0.3, -0.25) is 15.0 Å². The van der Waals surface area contributed by atoms with E-state index in [-0.39, 0.29) is 10.6 Å². The minimum absolute atomic E-state index is 0.0569. The van der Waals surface area contributed by atoms with E-state index in [2.05, 4.69) is 0 Å². The summed E-state index contributed by atoms with van der Waals surface area (Å²) in [5.41, 5.74) is 2.64. The molecule has 1 fully saturated rings. The Morgan fingerprint density at radius 1 is 0.933 bits per heavy atom. The lowest BCUT2D eigenvalue weighted by Crippen LogP contribution is -2.29. The second-order valence-corrected chi connectivity index (χ2v) is 8.96. The average Bonchev–Trinajstić information content (AvgIpc) is 3.21. The molecule has 2 atom stereocenters. The highest BCUT2D eigenvalue weighted by atomic mass is 32.2. The van der Waals surface area contributed by atoms with Crippen molar-refractivity contribution in [2.75, 3.05) is 0 Å². The fourth-order valence-electron chi connectivity index (χ4n) is 3.51. The molecule has 3 aromatic carbocycles. The quantitative estimate of drug-likeness (QED) is 0.437. The molecule has 154 valence electrons. The summed E-state index contributed by atoms with van der Waals surface area (Å²) in [6.45, 7) is 1.98. The second-order valence-electron chi connectivity index (χ2n) is 7.18. The van der Waals surface area contributed by atoms with Gasteiger partial charge in [-0.05, 0) is 30.2 Å². The number of sulfonamides is 1. The molecule has 3 aromatic rings. The van der Waals surface area contributed by atoms with Crippen LogP contribution in [0.2, 0.25) is 0 Å². The van der Waals surface area contributed by atoms with Crippen molar-refractivity contribution < 1.29 is 18.2 Å². The van der Waals surface area contributed by atoms with Crippen LogP contribution in [-0.4, -0.2) is 17.8 Å². The fraction of sp³-hybridized carbons (Fsp3) is 0.182. The summed E-state index contributed by atoms with van der Waals surface area (Å²) in [4.78, 5) is 16.2. The molecule has 0 saturated carbocycles. The van der Waals surface area contributed by atoms with Gasteiger partial charge in [0.1, 0.15) is 6.10 Å². The molecule has 1 aliphatic rings. The van der Waals surface area contributed by atoms with Crippen LogP contribution in [0.25, 0.3) is 0 Å². The smallest absolute Gasteiger partial charge is 0.269 e. The van der Waals surface area contributed by atoms with Gasteiger partial charge in [-0.25, -0.2) is 8.42 Å². The van der Waals surface area contributed by atoms with Crippen LogP contribution in [0, 0.1) is 17.0 Å². The molecule has 4 rings (SSSR count). The van der Waals surface area contributed by atoms with Crippen molar-refractivity contribution in [3.8, 4) is 0 Å². The minimum Gasteiger partial charge on any atom is -0.275 e. The predicted octanol–water partition coefficient (Wildman–Crippen LogP) is 4.71. The van der Waals surface area contributed by atoms with Gasteiger partial charge in [-0.15, -0.1) is 0 Å². The zero-order valence-corrected chi connectivity index (χ0v) is 17.0. The monoisotopic (exact) mass is 424 g/mol. The molecule has 1 saturated heterocycles. The molecule has 0 aliphatic carbocycles. The topological polar surface area (TPSA) is 89.8 Å². The van der Waals surface area contributed by atoms with E-state index >= 15 is 0 Å². The van der Waals surface area contributed by atoms with Gasteiger partial charge in [0.2, 0.25) is 0 Å². The Morgan fingerprint density at radius 3 is 2.17 bits per heavy atom. The van der Waals surface area contributed by atoms with Crippen LogP contribution in [0.1, 0.15) is 35.3 Å². The van der Waals surface area contributed by atoms with E-state index in [0.29, 0.717) is 6.42 Å². The largest absolute Gasteiger partial charge is 0.275 e. The van der Waals surface area contributed by atoms with Crippen LogP contribution < -0.4 is 0 Å². The van der Waals surface area contributed by atoms with E-state index in [4.69, 9.17) is 4.84 Å². The Morgan fingerprint density at radius 2 is 1.57 bits per heavy atom. The fourth-order valence-corrected chi connectivity index (χ4v) is 4.96. The van der Waals surface area contributed by atoms with Crippen molar-refractivity contribution in [2.24, 2.45) is 0 Å². The van der Waals surface area contributed by atoms with Gasteiger partial charge in [0.15, 0.2) is 0 Å². The molecule has 1 heterocycles. The Labute approximate surface area is 174 Å². The predicted molar refractivity (Wildman–Crippen MR) is 111 cm³/mol. The maximum Gasteiger partial charge on any atom is 0.269 e. The highest BCUT2D eigenvalue weighted by Crippen LogP contribution is 2.44. The molecule has 0 spiro atoms. The molecule has 1 aliphatic heterocycles. The second kappa shape index (κ2) is 7.98. The molecule has 0 unspecified atom stereocenters. The lowest BCUT2D eigenvalue weighted by atomic mass is 9.98. The minimum atomic E-state index is -4.04. The average molecular weight is 424 g/mol. The van der Waals surface area contributed by atoms with Crippen LogP contribution in [0.15, 0.2) is 83.8 Å². The number of hydroxylamine groups is 1. The Kier molecular flexibility index (Phi) is 5.38. The summed E-state index contributed by atoms with van der Waals surface area (Å²) in [6, 6.07) is 21.4. The first-order valence-electron chi connectivity index (χ1n) is 9.43. The third kappa shape index (κ3) is 3.85. The maximum absolute atomic E-state index is 13.4. The van der Waals surface area contributed by atoms with E-state index < -0.39 is 27.1 Å². The molecule has 0 radical (unpaired) electrons. The van der Waals surface area contributed by atoms with E-state index in [1.807, 2.05) is 61.5 Å². The molecule has 0 N–H and O–H groups in total. The van der Waals surface area contributed by atoms with Gasteiger partial charge in [-0.1, -0.05) is 64.6 Å². The summed E-state index contributed by atoms with van der Waals surface area (Å²) in [7, 11) is -4.04. The van der Waals surface area contributed by atoms with Gasteiger partial charge < -0.3 is 0 Å². The van der Waals surface area contributed by atoms with Crippen molar-refractivity contribution >= 4 is 15.7 Å². The van der Waals surface area contributed by atoms with Crippen molar-refractivity contribution in [3.63, 3.8) is 0 Å². The number of aryl methyl sites for hydroxylation is 1. The molecule has 0 bridgehead atoms. The molecule has 0 amide bonds. The van der Waals surface area contributed by atoms with E-state index in [9.17, 15) is 18.5 Å². The summed E-state index contributed by atoms with van der Waals surface area (Å²) in [6.07, 6.45) is 0.0304. The van der Waals surface area contributed by atoms with Crippen LogP contribution in [0.5, 0.6) is 0 Å². The number of nitro benzene ring substituents is 1. The molecular weight excluding hydrogens is 404 g/mol. The summed E-state index contributed by atoms with van der Waals surface area (Å²) in [5, 5.41) is 10.9. The third-order valence-corrected chi connectivity index (χ3v) is 6.82. The van der Waals surface area contributed by atoms with Crippen molar-refractivity contribution in [1.29, 1.82) is 0 Å². The zero-order chi connectivity index (χ0) is 21.3. The highest BCUT2D eigenvalue weighted by Gasteiger charge is 2.43. The highest BCUT2D eigenvalue weighted by molar-refractivity contribution is 7.89.